The summed E-state index contributed by atoms with van der Waals surface area (Å²) in [4.78, 5) is 25.5. The van der Waals surface area contributed by atoms with Gasteiger partial charge in [0, 0.05) is 21.7 Å². The van der Waals surface area contributed by atoms with Gasteiger partial charge in [-0.15, -0.1) is 11.8 Å². The van der Waals surface area contributed by atoms with Crippen LogP contribution in [0.5, 0.6) is 0 Å². The lowest BCUT2D eigenvalue weighted by Gasteiger charge is -2.07. The molecule has 6 heteroatoms. The highest BCUT2D eigenvalue weighted by atomic mass is 35.5. The van der Waals surface area contributed by atoms with Crippen LogP contribution in [-0.2, 0) is 0 Å². The number of Topliss-reactive ketones (excluding diaryl/α,β-unsaturated/α-hetero) is 1. The van der Waals surface area contributed by atoms with Crippen molar-refractivity contribution in [2.24, 2.45) is 0 Å². The SMILES string of the molecule is Cc1cccc(C(=O)Nc2ccc(SCC(=O)c3ccc(Cl)c(Cl)c3)cc2)c1. The summed E-state index contributed by atoms with van der Waals surface area (Å²) in [5.74, 6) is 0.103. The first-order valence-electron chi connectivity index (χ1n) is 8.51. The predicted molar refractivity (Wildman–Crippen MR) is 117 cm³/mol. The largest absolute Gasteiger partial charge is 0.322 e. The predicted octanol–water partition coefficient (Wildman–Crippen LogP) is 6.53. The standard InChI is InChI=1S/C22H17Cl2NO2S/c1-14-3-2-4-16(11-14)22(27)25-17-6-8-18(9-7-17)28-13-21(26)15-5-10-19(23)20(24)12-15/h2-12H,13H2,1H3,(H,25,27). The zero-order valence-electron chi connectivity index (χ0n) is 15.0. The van der Waals surface area contributed by atoms with Crippen LogP contribution < -0.4 is 5.32 Å². The number of carbonyl (C=O) groups is 2. The van der Waals surface area contributed by atoms with Crippen molar-refractivity contribution in [1.82, 2.24) is 0 Å². The number of rotatable bonds is 6. The second-order valence-electron chi connectivity index (χ2n) is 6.19. The van der Waals surface area contributed by atoms with E-state index in [1.54, 1.807) is 24.3 Å². The van der Waals surface area contributed by atoms with Gasteiger partial charge in [0.05, 0.1) is 15.8 Å². The van der Waals surface area contributed by atoms with Crippen LogP contribution in [0.2, 0.25) is 10.0 Å². The molecule has 0 fully saturated rings. The molecule has 0 heterocycles. The second-order valence-corrected chi connectivity index (χ2v) is 8.05. The van der Waals surface area contributed by atoms with Crippen LogP contribution in [0.1, 0.15) is 26.3 Å². The monoisotopic (exact) mass is 429 g/mol. The summed E-state index contributed by atoms with van der Waals surface area (Å²) in [5.41, 5.74) is 2.88. The Bertz CT molecular complexity index is 1020. The molecule has 0 aromatic heterocycles. The van der Waals surface area contributed by atoms with E-state index in [1.165, 1.54) is 11.8 Å². The third-order valence-corrected chi connectivity index (χ3v) is 5.76. The molecule has 0 aliphatic rings. The molecule has 0 radical (unpaired) electrons. The number of anilines is 1. The smallest absolute Gasteiger partial charge is 0.255 e. The number of benzene rings is 3. The highest BCUT2D eigenvalue weighted by Gasteiger charge is 2.10. The molecule has 3 nitrogen and oxygen atoms in total. The van der Waals surface area contributed by atoms with E-state index < -0.39 is 0 Å². The highest BCUT2D eigenvalue weighted by Crippen LogP contribution is 2.25. The molecule has 0 saturated heterocycles. The van der Waals surface area contributed by atoms with Gasteiger partial charge in [-0.05, 0) is 61.5 Å². The minimum Gasteiger partial charge on any atom is -0.322 e. The van der Waals surface area contributed by atoms with Gasteiger partial charge < -0.3 is 5.32 Å². The van der Waals surface area contributed by atoms with E-state index in [1.807, 2.05) is 49.4 Å². The molecule has 0 atom stereocenters. The van der Waals surface area contributed by atoms with Crippen molar-refractivity contribution in [2.45, 2.75) is 11.8 Å². The molecular weight excluding hydrogens is 413 g/mol. The van der Waals surface area contributed by atoms with E-state index in [9.17, 15) is 9.59 Å². The van der Waals surface area contributed by atoms with E-state index in [2.05, 4.69) is 5.32 Å². The topological polar surface area (TPSA) is 46.2 Å². The van der Waals surface area contributed by atoms with Crippen LogP contribution in [0.25, 0.3) is 0 Å². The molecule has 1 amide bonds. The van der Waals surface area contributed by atoms with Crippen LogP contribution in [0.3, 0.4) is 0 Å². The Balaban J connectivity index is 1.57. The first kappa shape index (κ1) is 20.5. The normalized spacial score (nSPS) is 10.5. The number of aryl methyl sites for hydroxylation is 1. The first-order valence-corrected chi connectivity index (χ1v) is 10.3. The maximum Gasteiger partial charge on any atom is 0.255 e. The van der Waals surface area contributed by atoms with E-state index in [4.69, 9.17) is 23.2 Å². The Labute approximate surface area is 178 Å². The lowest BCUT2D eigenvalue weighted by Crippen LogP contribution is -2.11. The van der Waals surface area contributed by atoms with Gasteiger partial charge in [0.15, 0.2) is 5.78 Å². The van der Waals surface area contributed by atoms with Crippen molar-refractivity contribution in [3.05, 3.63) is 93.5 Å². The van der Waals surface area contributed by atoms with E-state index in [0.29, 0.717) is 26.9 Å². The van der Waals surface area contributed by atoms with E-state index >= 15 is 0 Å². The molecule has 3 aromatic rings. The molecule has 3 aromatic carbocycles. The van der Waals surface area contributed by atoms with Gasteiger partial charge in [-0.3, -0.25) is 9.59 Å². The molecule has 0 aliphatic heterocycles. The minimum absolute atomic E-state index is 0.0274. The fourth-order valence-corrected chi connectivity index (χ4v) is 3.62. The van der Waals surface area contributed by atoms with Gasteiger partial charge in [0.2, 0.25) is 0 Å². The fourth-order valence-electron chi connectivity index (χ4n) is 2.53. The van der Waals surface area contributed by atoms with Gasteiger partial charge >= 0.3 is 0 Å². The summed E-state index contributed by atoms with van der Waals surface area (Å²) in [5, 5.41) is 3.66. The Hall–Kier alpha value is -2.27. The number of nitrogens with one attached hydrogen (secondary N) is 1. The van der Waals surface area contributed by atoms with Crippen LogP contribution in [0.4, 0.5) is 5.69 Å². The summed E-state index contributed by atoms with van der Waals surface area (Å²) in [7, 11) is 0. The van der Waals surface area contributed by atoms with Crippen molar-refractivity contribution < 1.29 is 9.59 Å². The first-order chi connectivity index (χ1) is 13.4. The molecule has 28 heavy (non-hydrogen) atoms. The number of thioether (sulfide) groups is 1. The van der Waals surface area contributed by atoms with Gasteiger partial charge in [-0.2, -0.15) is 0 Å². The van der Waals surface area contributed by atoms with Crippen LogP contribution in [0.15, 0.2) is 71.6 Å². The maximum absolute atomic E-state index is 12.3. The molecule has 3 rings (SSSR count). The molecule has 0 bridgehead atoms. The Morgan fingerprint density at radius 3 is 2.32 bits per heavy atom. The highest BCUT2D eigenvalue weighted by molar-refractivity contribution is 8.00. The van der Waals surface area contributed by atoms with Crippen LogP contribution in [-0.4, -0.2) is 17.4 Å². The number of ketones is 1. The Kier molecular flexibility index (Phi) is 6.79. The summed E-state index contributed by atoms with van der Waals surface area (Å²) in [6.07, 6.45) is 0. The third-order valence-electron chi connectivity index (χ3n) is 4.00. The summed E-state index contributed by atoms with van der Waals surface area (Å²) >= 11 is 13.3. The van der Waals surface area contributed by atoms with Crippen molar-refractivity contribution in [3.63, 3.8) is 0 Å². The quantitative estimate of drug-likeness (QED) is 0.357. The second kappa shape index (κ2) is 9.28. The molecule has 0 saturated carbocycles. The number of hydrogen-bond acceptors (Lipinski definition) is 3. The molecule has 1 N–H and O–H groups in total. The maximum atomic E-state index is 12.3. The van der Waals surface area contributed by atoms with Gasteiger partial charge in [0.25, 0.3) is 5.91 Å². The molecule has 0 unspecified atom stereocenters. The average molecular weight is 430 g/mol. The zero-order valence-corrected chi connectivity index (χ0v) is 17.4. The van der Waals surface area contributed by atoms with E-state index in [0.717, 1.165) is 10.5 Å². The Morgan fingerprint density at radius 1 is 0.893 bits per heavy atom. The van der Waals surface area contributed by atoms with Gasteiger partial charge in [0.1, 0.15) is 0 Å². The van der Waals surface area contributed by atoms with E-state index in [-0.39, 0.29) is 17.4 Å². The third kappa shape index (κ3) is 5.38. The Morgan fingerprint density at radius 2 is 1.64 bits per heavy atom. The van der Waals surface area contributed by atoms with Crippen molar-refractivity contribution in [1.29, 1.82) is 0 Å². The van der Waals surface area contributed by atoms with Crippen LogP contribution in [0, 0.1) is 6.92 Å². The summed E-state index contributed by atoms with van der Waals surface area (Å²) in [6.45, 7) is 1.95. The number of amides is 1. The minimum atomic E-state index is -0.154. The van der Waals surface area contributed by atoms with Crippen molar-refractivity contribution in [3.8, 4) is 0 Å². The molecule has 0 spiro atoms. The molecule has 0 aliphatic carbocycles. The lowest BCUT2D eigenvalue weighted by atomic mass is 10.1. The van der Waals surface area contributed by atoms with Crippen molar-refractivity contribution >= 4 is 52.3 Å². The number of hydrogen-bond donors (Lipinski definition) is 1. The van der Waals surface area contributed by atoms with Crippen LogP contribution >= 0.6 is 35.0 Å². The van der Waals surface area contributed by atoms with Gasteiger partial charge in [-0.1, -0.05) is 40.9 Å². The molecular formula is C22H17Cl2NO2S. The van der Waals surface area contributed by atoms with Crippen molar-refractivity contribution in [2.75, 3.05) is 11.1 Å². The lowest BCUT2D eigenvalue weighted by molar-refractivity contribution is 0.101. The fraction of sp³-hybridized carbons (Fsp3) is 0.0909. The average Bonchev–Trinajstić information content (AvgIpc) is 2.69. The van der Waals surface area contributed by atoms with Gasteiger partial charge in [-0.25, -0.2) is 0 Å². The zero-order chi connectivity index (χ0) is 20.1. The molecule has 142 valence electrons. The summed E-state index contributed by atoms with van der Waals surface area (Å²) < 4.78 is 0. The number of carbonyl (C=O) groups excluding carboxylic acids is 2. The number of halogens is 2. The summed E-state index contributed by atoms with van der Waals surface area (Å²) in [6, 6.07) is 19.7.